The fraction of sp³-hybridized carbons (Fsp3) is 0.750. The summed E-state index contributed by atoms with van der Waals surface area (Å²) in [6.07, 6.45) is 1.69. The minimum absolute atomic E-state index is 0.0521. The molecule has 50 valence electrons. The van der Waals surface area contributed by atoms with Crippen molar-refractivity contribution in [1.29, 1.82) is 0 Å². The zero-order chi connectivity index (χ0) is 6.99. The van der Waals surface area contributed by atoms with Crippen LogP contribution in [0.3, 0.4) is 0 Å². The van der Waals surface area contributed by atoms with Gasteiger partial charge in [0.05, 0.1) is 0 Å². The molecule has 0 radical (unpaired) electrons. The molecular weight excluding hydrogens is 146 g/mol. The number of nitrogens with one attached hydrogen (secondary N) is 1. The van der Waals surface area contributed by atoms with E-state index in [2.05, 4.69) is 17.9 Å². The van der Waals surface area contributed by atoms with E-state index in [-0.39, 0.29) is 11.8 Å². The van der Waals surface area contributed by atoms with Gasteiger partial charge < -0.3 is 5.32 Å². The van der Waals surface area contributed by atoms with Gasteiger partial charge in [-0.25, -0.2) is 0 Å². The third-order valence-corrected chi connectivity index (χ3v) is 0.643. The molecule has 0 spiro atoms. The van der Waals surface area contributed by atoms with Crippen LogP contribution in [0.4, 0.5) is 0 Å². The molecule has 0 saturated carbocycles. The van der Waals surface area contributed by atoms with E-state index in [1.807, 2.05) is 0 Å². The van der Waals surface area contributed by atoms with Crippen molar-refractivity contribution in [1.82, 2.24) is 5.32 Å². The molecule has 0 aromatic heterocycles. The fourth-order valence-electron chi connectivity index (χ4n) is 0.0668. The summed E-state index contributed by atoms with van der Waals surface area (Å²) in [5, 5.41) is 2.34. The van der Waals surface area contributed by atoms with Crippen molar-refractivity contribution in [2.45, 2.75) is 0 Å². The number of carbonyl (C=O) groups is 1. The Morgan fingerprint density at radius 2 is 2.12 bits per heavy atom. The summed E-state index contributed by atoms with van der Waals surface area (Å²) in [7, 11) is 1.55. The van der Waals surface area contributed by atoms with Gasteiger partial charge in [0, 0.05) is 7.05 Å². The third kappa shape index (κ3) is 9.44. The smallest absolute Gasteiger partial charge is 0.234 e. The summed E-state index contributed by atoms with van der Waals surface area (Å²) in [6, 6.07) is 0. The molecule has 0 rings (SSSR count). The van der Waals surface area contributed by atoms with Crippen LogP contribution in [0.25, 0.3) is 0 Å². The molecule has 0 aliphatic rings. The molecule has 0 fully saturated rings. The van der Waals surface area contributed by atoms with Gasteiger partial charge in [-0.3, -0.25) is 4.79 Å². The monoisotopic (exact) mass is 155 g/mol. The van der Waals surface area contributed by atoms with Crippen LogP contribution in [0.1, 0.15) is 0 Å². The maximum atomic E-state index is 9.94. The molecule has 4 heteroatoms. The van der Waals surface area contributed by atoms with E-state index in [0.717, 1.165) is 0 Å². The average molecular weight is 156 g/mol. The van der Waals surface area contributed by atoms with Crippen LogP contribution in [0.15, 0.2) is 0 Å². The van der Waals surface area contributed by atoms with Gasteiger partial charge >= 0.3 is 0 Å². The van der Waals surface area contributed by atoms with Crippen molar-refractivity contribution in [3.63, 3.8) is 0 Å². The van der Waals surface area contributed by atoms with E-state index < -0.39 is 0 Å². The number of alkyl halides is 1. The zero-order valence-corrected chi connectivity index (χ0v) is 6.59. The first-order valence-corrected chi connectivity index (χ1v) is 3.45. The predicted octanol–water partition coefficient (Wildman–Crippen LogP) is 0.517. The van der Waals surface area contributed by atoms with E-state index in [9.17, 15) is 4.79 Å². The molecule has 8 heavy (non-hydrogen) atoms. The Morgan fingerprint density at radius 3 is 2.12 bits per heavy atom. The van der Waals surface area contributed by atoms with Crippen LogP contribution in [0, 0.1) is 0 Å². The molecule has 1 N–H and O–H groups in total. The minimum Gasteiger partial charge on any atom is -0.358 e. The lowest BCUT2D eigenvalue weighted by molar-refractivity contribution is -0.118. The fourth-order valence-corrected chi connectivity index (χ4v) is 0.200. The molecule has 0 bridgehead atoms. The summed E-state index contributed by atoms with van der Waals surface area (Å²) in [4.78, 5) is 9.94. The highest BCUT2D eigenvalue weighted by atomic mass is 35.5. The van der Waals surface area contributed by atoms with Crippen LogP contribution >= 0.6 is 24.2 Å². The molecule has 0 saturated heterocycles. The van der Waals surface area contributed by atoms with Gasteiger partial charge in [0.1, 0.15) is 5.88 Å². The SMILES string of the molecule is CNC(=O)CCl.CS. The molecule has 0 aromatic rings. The van der Waals surface area contributed by atoms with E-state index in [1.165, 1.54) is 0 Å². The van der Waals surface area contributed by atoms with Crippen LogP contribution in [0.2, 0.25) is 0 Å². The van der Waals surface area contributed by atoms with Crippen molar-refractivity contribution in [2.75, 3.05) is 19.2 Å². The second-order valence-electron chi connectivity index (χ2n) is 0.807. The lowest BCUT2D eigenvalue weighted by atomic mass is 10.7. The van der Waals surface area contributed by atoms with Gasteiger partial charge in [-0.2, -0.15) is 12.6 Å². The second kappa shape index (κ2) is 10.2. The lowest BCUT2D eigenvalue weighted by Gasteiger charge is -1.85. The maximum Gasteiger partial charge on any atom is 0.234 e. The Balaban J connectivity index is 0. The summed E-state index contributed by atoms with van der Waals surface area (Å²) in [5.41, 5.74) is 0. The zero-order valence-electron chi connectivity index (χ0n) is 4.94. The molecule has 0 heterocycles. The summed E-state index contributed by atoms with van der Waals surface area (Å²) in [6.45, 7) is 0. The van der Waals surface area contributed by atoms with Crippen molar-refractivity contribution in [3.05, 3.63) is 0 Å². The number of halogens is 1. The maximum absolute atomic E-state index is 9.94. The number of rotatable bonds is 1. The lowest BCUT2D eigenvalue weighted by Crippen LogP contribution is -2.18. The van der Waals surface area contributed by atoms with Gasteiger partial charge in [0.2, 0.25) is 5.91 Å². The summed E-state index contributed by atoms with van der Waals surface area (Å²) >= 11 is 8.57. The number of carbonyl (C=O) groups excluding carboxylic acids is 1. The first-order valence-electron chi connectivity index (χ1n) is 2.02. The predicted molar refractivity (Wildman–Crippen MR) is 39.7 cm³/mol. The van der Waals surface area contributed by atoms with Gasteiger partial charge in [0.25, 0.3) is 0 Å². The highest BCUT2D eigenvalue weighted by Crippen LogP contribution is 1.68. The largest absolute Gasteiger partial charge is 0.358 e. The molecule has 2 nitrogen and oxygen atoms in total. The average Bonchev–Trinajstić information content (AvgIpc) is 1.91. The quantitative estimate of drug-likeness (QED) is 0.420. The van der Waals surface area contributed by atoms with Crippen LogP contribution in [-0.4, -0.2) is 25.1 Å². The van der Waals surface area contributed by atoms with Gasteiger partial charge in [-0.15, -0.1) is 11.6 Å². The van der Waals surface area contributed by atoms with E-state index in [0.29, 0.717) is 0 Å². The Morgan fingerprint density at radius 1 is 1.75 bits per heavy atom. The van der Waals surface area contributed by atoms with E-state index >= 15 is 0 Å². The highest BCUT2D eigenvalue weighted by Gasteiger charge is 1.86. The van der Waals surface area contributed by atoms with Crippen LogP contribution in [-0.2, 0) is 4.79 Å². The number of hydrogen-bond donors (Lipinski definition) is 2. The molecule has 0 aliphatic carbocycles. The van der Waals surface area contributed by atoms with Crippen molar-refractivity contribution in [3.8, 4) is 0 Å². The normalized spacial score (nSPS) is 6.50. The van der Waals surface area contributed by atoms with Crippen molar-refractivity contribution in [2.24, 2.45) is 0 Å². The molecule has 0 aromatic carbocycles. The third-order valence-electron chi connectivity index (χ3n) is 0.400. The molecular formula is C4H10ClNOS. The highest BCUT2D eigenvalue weighted by molar-refractivity contribution is 7.79. The molecule has 0 atom stereocenters. The number of amides is 1. The van der Waals surface area contributed by atoms with E-state index in [4.69, 9.17) is 11.6 Å². The van der Waals surface area contributed by atoms with Gasteiger partial charge in [0.15, 0.2) is 0 Å². The molecule has 0 aliphatic heterocycles. The summed E-state index contributed by atoms with van der Waals surface area (Å²) < 4.78 is 0. The van der Waals surface area contributed by atoms with Crippen LogP contribution in [0.5, 0.6) is 0 Å². The Bertz CT molecular complexity index is 54.0. The Hall–Kier alpha value is 0.110. The van der Waals surface area contributed by atoms with Crippen molar-refractivity contribution < 1.29 is 4.79 Å². The van der Waals surface area contributed by atoms with Crippen molar-refractivity contribution >= 4 is 30.1 Å². The van der Waals surface area contributed by atoms with Gasteiger partial charge in [-0.05, 0) is 6.26 Å². The minimum atomic E-state index is -0.142. The standard InChI is InChI=1S/C3H6ClNO.CH4S/c1-5-3(6)2-4;1-2/h2H2,1H3,(H,5,6);2H,1H3. The molecule has 1 amide bonds. The first-order chi connectivity index (χ1) is 3.81. The Labute approximate surface area is 60.0 Å². The van der Waals surface area contributed by atoms with Crippen LogP contribution < -0.4 is 5.32 Å². The first kappa shape index (κ1) is 11.0. The number of hydrogen-bond acceptors (Lipinski definition) is 2. The van der Waals surface area contributed by atoms with Gasteiger partial charge in [-0.1, -0.05) is 0 Å². The topological polar surface area (TPSA) is 29.1 Å². The summed E-state index contributed by atoms with van der Waals surface area (Å²) in [5.74, 6) is -0.0899. The Kier molecular flexibility index (Phi) is 14.0. The number of thiol groups is 1. The second-order valence-corrected chi connectivity index (χ2v) is 1.07. The molecule has 0 unspecified atom stereocenters. The van der Waals surface area contributed by atoms with E-state index in [1.54, 1.807) is 13.3 Å².